The smallest absolute Gasteiger partial charge is 0.192 e. The van der Waals surface area contributed by atoms with E-state index in [0.717, 1.165) is 6.42 Å². The number of pyridine rings is 1. The molecule has 124 valence electrons. The van der Waals surface area contributed by atoms with Gasteiger partial charge in [-0.05, 0) is 43.6 Å². The number of aromatic nitrogens is 1. The third-order valence-electron chi connectivity index (χ3n) is 4.24. The van der Waals surface area contributed by atoms with Crippen LogP contribution in [0.1, 0.15) is 34.1 Å². The molecule has 0 bridgehead atoms. The summed E-state index contributed by atoms with van der Waals surface area (Å²) in [6.07, 6.45) is 4.34. The Morgan fingerprint density at radius 1 is 1.36 bits per heavy atom. The zero-order valence-corrected chi connectivity index (χ0v) is 16.4. The van der Waals surface area contributed by atoms with Crippen molar-refractivity contribution in [2.24, 2.45) is 0 Å². The monoisotopic (exact) mass is 339 g/mol. The Bertz CT molecular complexity index is 548. The predicted octanol–water partition coefficient (Wildman–Crippen LogP) is 5.00. The van der Waals surface area contributed by atoms with Gasteiger partial charge in [-0.2, -0.15) is 4.73 Å². The van der Waals surface area contributed by atoms with Gasteiger partial charge in [0.1, 0.15) is 10.7 Å². The Kier molecular flexibility index (Phi) is 6.59. The van der Waals surface area contributed by atoms with Gasteiger partial charge >= 0.3 is 0 Å². The summed E-state index contributed by atoms with van der Waals surface area (Å²) in [6, 6.07) is 5.65. The van der Waals surface area contributed by atoms with E-state index < -0.39 is 8.32 Å². The van der Waals surface area contributed by atoms with Crippen LogP contribution >= 0.6 is 12.2 Å². The SMILES string of the molecule is C=CC[C@@H](O[Si](C)(C)C(C)(C)C)[C@H](C)On1ccccc1=S. The lowest BCUT2D eigenvalue weighted by Gasteiger charge is -2.40. The molecule has 0 fully saturated rings. The first-order chi connectivity index (χ1) is 10.1. The van der Waals surface area contributed by atoms with Crippen molar-refractivity contribution in [2.75, 3.05) is 0 Å². The van der Waals surface area contributed by atoms with E-state index in [1.807, 2.05) is 37.4 Å². The first-order valence-electron chi connectivity index (χ1n) is 7.72. The van der Waals surface area contributed by atoms with Gasteiger partial charge in [-0.15, -0.1) is 6.58 Å². The first-order valence-corrected chi connectivity index (χ1v) is 11.0. The van der Waals surface area contributed by atoms with Gasteiger partial charge in [0.2, 0.25) is 0 Å². The van der Waals surface area contributed by atoms with E-state index in [2.05, 4.69) is 40.4 Å². The maximum atomic E-state index is 6.51. The third-order valence-corrected chi connectivity index (χ3v) is 9.06. The number of hydrogen-bond donors (Lipinski definition) is 0. The van der Waals surface area contributed by atoms with E-state index in [0.29, 0.717) is 4.64 Å². The van der Waals surface area contributed by atoms with Crippen LogP contribution in [0.25, 0.3) is 0 Å². The van der Waals surface area contributed by atoms with Crippen LogP contribution in [0.5, 0.6) is 0 Å². The van der Waals surface area contributed by atoms with Crippen molar-refractivity contribution >= 4 is 20.5 Å². The lowest BCUT2D eigenvalue weighted by molar-refractivity contribution is -0.0292. The molecule has 1 aromatic heterocycles. The molecule has 3 nitrogen and oxygen atoms in total. The fraction of sp³-hybridized carbons (Fsp3) is 0.588. The fourth-order valence-corrected chi connectivity index (χ4v) is 3.38. The third kappa shape index (κ3) is 5.07. The van der Waals surface area contributed by atoms with E-state index in [1.54, 1.807) is 4.73 Å². The average Bonchev–Trinajstić information content (AvgIpc) is 2.39. The van der Waals surface area contributed by atoms with Crippen LogP contribution in [0.2, 0.25) is 18.1 Å². The van der Waals surface area contributed by atoms with Crippen LogP contribution in [0.3, 0.4) is 0 Å². The standard InChI is InChI=1S/C17H29NO2SSi/c1-8-11-15(20-22(6,7)17(3,4)5)14(2)19-18-13-10-9-12-16(18)21/h8-10,12-15H,1,11H2,2-7H3/t14-,15+/m0/s1. The summed E-state index contributed by atoms with van der Waals surface area (Å²) in [7, 11) is -1.86. The van der Waals surface area contributed by atoms with Crippen LogP contribution in [0.4, 0.5) is 0 Å². The molecule has 2 atom stereocenters. The lowest BCUT2D eigenvalue weighted by atomic mass is 10.2. The number of nitrogens with zero attached hydrogens (tertiary/aromatic N) is 1. The maximum absolute atomic E-state index is 6.51. The zero-order valence-electron chi connectivity index (χ0n) is 14.6. The minimum atomic E-state index is -1.86. The molecule has 0 saturated heterocycles. The molecule has 5 heteroatoms. The highest BCUT2D eigenvalue weighted by molar-refractivity contribution is 7.71. The molecule has 0 radical (unpaired) electrons. The second-order valence-electron chi connectivity index (χ2n) is 7.12. The quantitative estimate of drug-likeness (QED) is 0.397. The lowest BCUT2D eigenvalue weighted by Crippen LogP contribution is -2.48. The van der Waals surface area contributed by atoms with Crippen LogP contribution in [-0.2, 0) is 4.43 Å². The predicted molar refractivity (Wildman–Crippen MR) is 98.2 cm³/mol. The Balaban J connectivity index is 2.89. The van der Waals surface area contributed by atoms with Crippen LogP contribution in [-0.4, -0.2) is 25.3 Å². The highest BCUT2D eigenvalue weighted by atomic mass is 32.1. The van der Waals surface area contributed by atoms with Crippen molar-refractivity contribution in [3.05, 3.63) is 41.7 Å². The van der Waals surface area contributed by atoms with Crippen molar-refractivity contribution < 1.29 is 9.26 Å². The molecule has 22 heavy (non-hydrogen) atoms. The second-order valence-corrected chi connectivity index (χ2v) is 12.3. The molecule has 0 N–H and O–H groups in total. The Hall–Kier alpha value is -0.913. The van der Waals surface area contributed by atoms with Gasteiger partial charge in [-0.3, -0.25) is 0 Å². The molecule has 0 aromatic carbocycles. The maximum Gasteiger partial charge on any atom is 0.192 e. The first kappa shape index (κ1) is 19.1. The molecule has 0 aliphatic carbocycles. The van der Waals surface area contributed by atoms with Gasteiger partial charge in [0.25, 0.3) is 0 Å². The summed E-state index contributed by atoms with van der Waals surface area (Å²) in [6.45, 7) is 17.1. The van der Waals surface area contributed by atoms with Crippen molar-refractivity contribution in [1.82, 2.24) is 4.73 Å². The van der Waals surface area contributed by atoms with Gasteiger partial charge in [0.15, 0.2) is 8.32 Å². The molecular formula is C17H29NO2SSi. The van der Waals surface area contributed by atoms with Crippen molar-refractivity contribution in [3.63, 3.8) is 0 Å². The summed E-state index contributed by atoms with van der Waals surface area (Å²) >= 11 is 5.28. The minimum absolute atomic E-state index is 0.0273. The molecule has 1 aromatic rings. The van der Waals surface area contributed by atoms with E-state index in [1.165, 1.54) is 0 Å². The van der Waals surface area contributed by atoms with Gasteiger partial charge < -0.3 is 9.26 Å². The van der Waals surface area contributed by atoms with Crippen LogP contribution in [0, 0.1) is 4.64 Å². The molecular weight excluding hydrogens is 310 g/mol. The molecule has 0 saturated carbocycles. The van der Waals surface area contributed by atoms with Gasteiger partial charge in [-0.25, -0.2) is 0 Å². The topological polar surface area (TPSA) is 23.4 Å². The largest absolute Gasteiger partial charge is 0.410 e. The zero-order chi connectivity index (χ0) is 17.0. The van der Waals surface area contributed by atoms with Crippen LogP contribution < -0.4 is 4.84 Å². The van der Waals surface area contributed by atoms with Gasteiger partial charge in [0.05, 0.1) is 6.10 Å². The molecule has 1 heterocycles. The molecule has 0 spiro atoms. The summed E-state index contributed by atoms with van der Waals surface area (Å²) < 4.78 is 8.79. The Morgan fingerprint density at radius 2 is 2.00 bits per heavy atom. The average molecular weight is 340 g/mol. The highest BCUT2D eigenvalue weighted by Gasteiger charge is 2.40. The Morgan fingerprint density at radius 3 is 2.50 bits per heavy atom. The summed E-state index contributed by atoms with van der Waals surface area (Å²) in [5.74, 6) is 0. The van der Waals surface area contributed by atoms with Crippen molar-refractivity contribution in [2.45, 2.75) is 64.5 Å². The highest BCUT2D eigenvalue weighted by Crippen LogP contribution is 2.38. The van der Waals surface area contributed by atoms with Crippen molar-refractivity contribution in [1.29, 1.82) is 0 Å². The molecule has 0 aliphatic rings. The molecule has 0 aliphatic heterocycles. The normalized spacial score (nSPS) is 15.2. The van der Waals surface area contributed by atoms with Gasteiger partial charge in [-0.1, -0.05) is 45.1 Å². The fourth-order valence-electron chi connectivity index (χ4n) is 1.80. The molecule has 0 unspecified atom stereocenters. The second kappa shape index (κ2) is 7.57. The summed E-state index contributed by atoms with van der Waals surface area (Å²) in [5, 5.41) is 0.162. The number of rotatable bonds is 7. The van der Waals surface area contributed by atoms with E-state index in [4.69, 9.17) is 21.5 Å². The molecule has 1 rings (SSSR count). The van der Waals surface area contributed by atoms with Crippen LogP contribution in [0.15, 0.2) is 37.1 Å². The summed E-state index contributed by atoms with van der Waals surface area (Å²) in [5.41, 5.74) is 0. The minimum Gasteiger partial charge on any atom is -0.410 e. The van der Waals surface area contributed by atoms with E-state index >= 15 is 0 Å². The Labute approximate surface area is 141 Å². The number of hydrogen-bond acceptors (Lipinski definition) is 3. The van der Waals surface area contributed by atoms with E-state index in [-0.39, 0.29) is 17.2 Å². The van der Waals surface area contributed by atoms with E-state index in [9.17, 15) is 0 Å². The van der Waals surface area contributed by atoms with Gasteiger partial charge in [0, 0.05) is 6.20 Å². The summed E-state index contributed by atoms with van der Waals surface area (Å²) in [4.78, 5) is 5.98. The molecule has 0 amide bonds. The van der Waals surface area contributed by atoms with Crippen molar-refractivity contribution in [3.8, 4) is 0 Å².